The summed E-state index contributed by atoms with van der Waals surface area (Å²) < 4.78 is 5.27. The minimum atomic E-state index is -0.859. The van der Waals surface area contributed by atoms with Crippen LogP contribution in [0.3, 0.4) is 0 Å². The quantitative estimate of drug-likeness (QED) is 0.920. The maximum absolute atomic E-state index is 11.5. The van der Waals surface area contributed by atoms with Gasteiger partial charge in [0, 0.05) is 18.7 Å². The van der Waals surface area contributed by atoms with Crippen molar-refractivity contribution in [1.29, 1.82) is 0 Å². The van der Waals surface area contributed by atoms with Crippen LogP contribution in [0.25, 0.3) is 0 Å². The number of hydrogen-bond acceptors (Lipinski definition) is 3. The van der Waals surface area contributed by atoms with E-state index in [1.54, 1.807) is 19.2 Å². The van der Waals surface area contributed by atoms with Crippen molar-refractivity contribution in [3.8, 4) is 5.75 Å². The Bertz CT molecular complexity index is 514. The molecule has 0 bridgehead atoms. The van der Waals surface area contributed by atoms with Gasteiger partial charge in [-0.15, -0.1) is 0 Å². The van der Waals surface area contributed by atoms with E-state index >= 15 is 0 Å². The number of piperidine rings is 1. The van der Waals surface area contributed by atoms with E-state index in [1.165, 1.54) is 25.7 Å². The van der Waals surface area contributed by atoms with Crippen LogP contribution in [0.2, 0.25) is 0 Å². The number of aromatic carboxylic acids is 1. The smallest absolute Gasteiger partial charge is 0.337 e. The predicted molar refractivity (Wildman–Crippen MR) is 77.7 cm³/mol. The maximum Gasteiger partial charge on any atom is 0.337 e. The number of anilines is 1. The summed E-state index contributed by atoms with van der Waals surface area (Å²) in [4.78, 5) is 13.8. The number of rotatable bonds is 3. The van der Waals surface area contributed by atoms with E-state index in [0.717, 1.165) is 30.3 Å². The Kier molecular flexibility index (Phi) is 3.55. The molecule has 4 nitrogen and oxygen atoms in total. The molecule has 1 heterocycles. The van der Waals surface area contributed by atoms with Gasteiger partial charge in [0.05, 0.1) is 18.4 Å². The summed E-state index contributed by atoms with van der Waals surface area (Å²) in [6.45, 7) is 0.953. The summed E-state index contributed by atoms with van der Waals surface area (Å²) in [5, 5.41) is 9.43. The molecule has 1 aliphatic heterocycles. The van der Waals surface area contributed by atoms with E-state index in [1.807, 2.05) is 6.07 Å². The van der Waals surface area contributed by atoms with Gasteiger partial charge in [0.15, 0.2) is 0 Å². The molecular formula is C16H21NO3. The Morgan fingerprint density at radius 2 is 2.10 bits per heavy atom. The second-order valence-corrected chi connectivity index (χ2v) is 5.78. The monoisotopic (exact) mass is 275 g/mol. The van der Waals surface area contributed by atoms with E-state index in [0.29, 0.717) is 11.6 Å². The Balaban J connectivity index is 2.00. The minimum Gasteiger partial charge on any atom is -0.497 e. The zero-order valence-electron chi connectivity index (χ0n) is 11.8. The SMILES string of the molecule is COc1ccc(C(=O)O)c(N2CCCC3CCCC32)c1. The molecular weight excluding hydrogens is 254 g/mol. The fourth-order valence-corrected chi connectivity index (χ4v) is 3.81. The third kappa shape index (κ3) is 2.23. The Labute approximate surface area is 119 Å². The van der Waals surface area contributed by atoms with Gasteiger partial charge in [0.1, 0.15) is 5.75 Å². The third-order valence-electron chi connectivity index (χ3n) is 4.74. The first kappa shape index (κ1) is 13.3. The molecule has 1 aromatic carbocycles. The van der Waals surface area contributed by atoms with Crippen LogP contribution in [0.5, 0.6) is 5.75 Å². The first-order valence-corrected chi connectivity index (χ1v) is 7.38. The number of fused-ring (bicyclic) bond motifs is 1. The molecule has 0 radical (unpaired) electrons. The van der Waals surface area contributed by atoms with Gasteiger partial charge in [0.25, 0.3) is 0 Å². The average Bonchev–Trinajstić information content (AvgIpc) is 2.94. The van der Waals surface area contributed by atoms with Crippen LogP contribution in [0.1, 0.15) is 42.5 Å². The van der Waals surface area contributed by atoms with Gasteiger partial charge in [0.2, 0.25) is 0 Å². The van der Waals surface area contributed by atoms with E-state index < -0.39 is 5.97 Å². The molecule has 0 amide bonds. The van der Waals surface area contributed by atoms with Crippen molar-refractivity contribution in [3.05, 3.63) is 23.8 Å². The van der Waals surface area contributed by atoms with Gasteiger partial charge in [-0.3, -0.25) is 0 Å². The van der Waals surface area contributed by atoms with Crippen LogP contribution in [0.4, 0.5) is 5.69 Å². The van der Waals surface area contributed by atoms with Gasteiger partial charge in [-0.1, -0.05) is 6.42 Å². The lowest BCUT2D eigenvalue weighted by atomic mass is 9.91. The Morgan fingerprint density at radius 1 is 1.30 bits per heavy atom. The standard InChI is InChI=1S/C16H21NO3/c1-20-12-7-8-13(16(18)19)15(10-12)17-9-3-5-11-4-2-6-14(11)17/h7-8,10-11,14H,2-6,9H2,1H3,(H,18,19). The van der Waals surface area contributed by atoms with Gasteiger partial charge in [-0.2, -0.15) is 0 Å². The van der Waals surface area contributed by atoms with Crippen LogP contribution >= 0.6 is 0 Å². The number of nitrogens with zero attached hydrogens (tertiary/aromatic N) is 1. The molecule has 0 aromatic heterocycles. The molecule has 4 heteroatoms. The lowest BCUT2D eigenvalue weighted by Gasteiger charge is -2.40. The number of carboxylic acids is 1. The van der Waals surface area contributed by atoms with Crippen molar-refractivity contribution in [2.75, 3.05) is 18.6 Å². The molecule has 0 spiro atoms. The summed E-state index contributed by atoms with van der Waals surface area (Å²) in [5.41, 5.74) is 1.21. The lowest BCUT2D eigenvalue weighted by Crippen LogP contribution is -2.43. The highest BCUT2D eigenvalue weighted by Crippen LogP contribution is 2.40. The van der Waals surface area contributed by atoms with Crippen LogP contribution in [0.15, 0.2) is 18.2 Å². The topological polar surface area (TPSA) is 49.8 Å². The highest BCUT2D eigenvalue weighted by Gasteiger charge is 2.36. The zero-order chi connectivity index (χ0) is 14.1. The average molecular weight is 275 g/mol. The molecule has 2 fully saturated rings. The number of ether oxygens (including phenoxy) is 1. The van der Waals surface area contributed by atoms with E-state index in [2.05, 4.69) is 4.90 Å². The van der Waals surface area contributed by atoms with Crippen molar-refractivity contribution < 1.29 is 14.6 Å². The number of benzene rings is 1. The summed E-state index contributed by atoms with van der Waals surface area (Å²) in [5.74, 6) is 0.601. The highest BCUT2D eigenvalue weighted by molar-refractivity contribution is 5.95. The van der Waals surface area contributed by atoms with Crippen LogP contribution in [0, 0.1) is 5.92 Å². The summed E-state index contributed by atoms with van der Waals surface area (Å²) in [7, 11) is 1.62. The molecule has 1 aliphatic carbocycles. The second-order valence-electron chi connectivity index (χ2n) is 5.78. The van der Waals surface area contributed by atoms with Crippen LogP contribution < -0.4 is 9.64 Å². The molecule has 1 aromatic rings. The molecule has 108 valence electrons. The fraction of sp³-hybridized carbons (Fsp3) is 0.562. The number of hydrogen-bond donors (Lipinski definition) is 1. The third-order valence-corrected chi connectivity index (χ3v) is 4.74. The number of carbonyl (C=O) groups is 1. The maximum atomic E-state index is 11.5. The Morgan fingerprint density at radius 3 is 2.85 bits per heavy atom. The molecule has 1 saturated heterocycles. The summed E-state index contributed by atoms with van der Waals surface area (Å²) >= 11 is 0. The van der Waals surface area contributed by atoms with Crippen LogP contribution in [-0.4, -0.2) is 30.8 Å². The first-order valence-electron chi connectivity index (χ1n) is 7.38. The molecule has 1 N–H and O–H groups in total. The minimum absolute atomic E-state index is 0.387. The molecule has 2 aliphatic rings. The van der Waals surface area contributed by atoms with Crippen molar-refractivity contribution in [2.45, 2.75) is 38.1 Å². The predicted octanol–water partition coefficient (Wildman–Crippen LogP) is 3.16. The second kappa shape index (κ2) is 5.35. The number of methoxy groups -OCH3 is 1. The zero-order valence-corrected chi connectivity index (χ0v) is 11.8. The molecule has 2 unspecified atom stereocenters. The normalized spacial score (nSPS) is 25.4. The first-order chi connectivity index (χ1) is 9.70. The van der Waals surface area contributed by atoms with Crippen molar-refractivity contribution in [2.24, 2.45) is 5.92 Å². The van der Waals surface area contributed by atoms with Gasteiger partial charge in [-0.25, -0.2) is 4.79 Å². The highest BCUT2D eigenvalue weighted by atomic mass is 16.5. The Hall–Kier alpha value is -1.71. The van der Waals surface area contributed by atoms with Gasteiger partial charge >= 0.3 is 5.97 Å². The van der Waals surface area contributed by atoms with Crippen molar-refractivity contribution in [3.63, 3.8) is 0 Å². The van der Waals surface area contributed by atoms with Gasteiger partial charge < -0.3 is 14.7 Å². The largest absolute Gasteiger partial charge is 0.497 e. The summed E-state index contributed by atoms with van der Waals surface area (Å²) in [6, 6.07) is 5.77. The van der Waals surface area contributed by atoms with Gasteiger partial charge in [-0.05, 0) is 43.7 Å². The molecule has 1 saturated carbocycles. The fourth-order valence-electron chi connectivity index (χ4n) is 3.81. The van der Waals surface area contributed by atoms with Crippen molar-refractivity contribution >= 4 is 11.7 Å². The van der Waals surface area contributed by atoms with Crippen molar-refractivity contribution in [1.82, 2.24) is 0 Å². The van der Waals surface area contributed by atoms with E-state index in [4.69, 9.17) is 4.74 Å². The number of carboxylic acid groups (broad SMARTS) is 1. The lowest BCUT2D eigenvalue weighted by molar-refractivity contribution is 0.0697. The molecule has 2 atom stereocenters. The van der Waals surface area contributed by atoms with E-state index in [9.17, 15) is 9.90 Å². The molecule has 3 rings (SSSR count). The van der Waals surface area contributed by atoms with E-state index in [-0.39, 0.29) is 0 Å². The van der Waals surface area contributed by atoms with Crippen LogP contribution in [-0.2, 0) is 0 Å². The molecule has 20 heavy (non-hydrogen) atoms. The summed E-state index contributed by atoms with van der Waals surface area (Å²) in [6.07, 6.45) is 6.16.